The molecule has 0 radical (unpaired) electrons. The molecule has 2 aliphatic rings. The Balaban J connectivity index is 1.99. The van der Waals surface area contributed by atoms with E-state index in [1.807, 2.05) is 4.90 Å². The van der Waals surface area contributed by atoms with Crippen molar-refractivity contribution >= 4 is 5.91 Å². The van der Waals surface area contributed by atoms with Gasteiger partial charge in [0.25, 0.3) is 0 Å². The minimum atomic E-state index is -0.335. The van der Waals surface area contributed by atoms with E-state index < -0.39 is 0 Å². The summed E-state index contributed by atoms with van der Waals surface area (Å²) in [5, 5.41) is 3.41. The van der Waals surface area contributed by atoms with Crippen LogP contribution in [-0.4, -0.2) is 42.0 Å². The van der Waals surface area contributed by atoms with E-state index >= 15 is 0 Å². The summed E-state index contributed by atoms with van der Waals surface area (Å²) in [5.74, 6) is 0.752. The Morgan fingerprint density at radius 3 is 2.83 bits per heavy atom. The maximum Gasteiger partial charge on any atom is 0.242 e. The number of rotatable bonds is 2. The Morgan fingerprint density at radius 2 is 2.22 bits per heavy atom. The standard InChI is InChI=1S/C14H27N3O/c1-11(15)12-6-5-9-17(10-12)13(18)14(2)7-3-4-8-16-14/h11-12,16H,3-10,15H2,1-2H3. The van der Waals surface area contributed by atoms with E-state index in [1.165, 1.54) is 6.42 Å². The van der Waals surface area contributed by atoms with Crippen molar-refractivity contribution in [3.8, 4) is 0 Å². The third kappa shape index (κ3) is 2.86. The number of carbonyl (C=O) groups is 1. The second-order valence-corrected chi connectivity index (χ2v) is 6.23. The van der Waals surface area contributed by atoms with Crippen LogP contribution < -0.4 is 11.1 Å². The minimum Gasteiger partial charge on any atom is -0.341 e. The molecule has 0 aromatic heterocycles. The van der Waals surface area contributed by atoms with Crippen LogP contribution in [0.15, 0.2) is 0 Å². The third-order valence-corrected chi connectivity index (χ3v) is 4.58. The molecule has 0 bridgehead atoms. The van der Waals surface area contributed by atoms with Crippen LogP contribution >= 0.6 is 0 Å². The summed E-state index contributed by atoms with van der Waals surface area (Å²) in [4.78, 5) is 14.7. The molecule has 2 fully saturated rings. The summed E-state index contributed by atoms with van der Waals surface area (Å²) >= 11 is 0. The number of nitrogens with one attached hydrogen (secondary N) is 1. The third-order valence-electron chi connectivity index (χ3n) is 4.58. The van der Waals surface area contributed by atoms with Crippen molar-refractivity contribution in [2.75, 3.05) is 19.6 Å². The summed E-state index contributed by atoms with van der Waals surface area (Å²) in [6.07, 6.45) is 5.55. The quantitative estimate of drug-likeness (QED) is 0.775. The first-order valence-electron chi connectivity index (χ1n) is 7.33. The van der Waals surface area contributed by atoms with Gasteiger partial charge < -0.3 is 16.0 Å². The van der Waals surface area contributed by atoms with E-state index in [-0.39, 0.29) is 17.5 Å². The van der Waals surface area contributed by atoms with Gasteiger partial charge in [0.15, 0.2) is 0 Å². The minimum absolute atomic E-state index is 0.188. The van der Waals surface area contributed by atoms with E-state index in [0.717, 1.165) is 45.3 Å². The molecular formula is C14H27N3O. The van der Waals surface area contributed by atoms with E-state index in [2.05, 4.69) is 19.2 Å². The maximum absolute atomic E-state index is 12.7. The van der Waals surface area contributed by atoms with Gasteiger partial charge in [-0.2, -0.15) is 0 Å². The second-order valence-electron chi connectivity index (χ2n) is 6.23. The summed E-state index contributed by atoms with van der Waals surface area (Å²) in [7, 11) is 0. The molecule has 4 heteroatoms. The number of carbonyl (C=O) groups excluding carboxylic acids is 1. The molecule has 2 rings (SSSR count). The molecule has 3 N–H and O–H groups in total. The first-order valence-corrected chi connectivity index (χ1v) is 7.33. The first-order chi connectivity index (χ1) is 8.53. The Morgan fingerprint density at radius 1 is 1.44 bits per heavy atom. The van der Waals surface area contributed by atoms with E-state index in [1.54, 1.807) is 0 Å². The van der Waals surface area contributed by atoms with Crippen LogP contribution in [0.25, 0.3) is 0 Å². The molecule has 104 valence electrons. The predicted molar refractivity (Wildman–Crippen MR) is 73.2 cm³/mol. The first kappa shape index (κ1) is 13.8. The predicted octanol–water partition coefficient (Wildman–Crippen LogP) is 1.10. The lowest BCUT2D eigenvalue weighted by atomic mass is 9.86. The van der Waals surface area contributed by atoms with E-state index in [0.29, 0.717) is 5.92 Å². The molecule has 0 saturated carbocycles. The summed E-state index contributed by atoms with van der Waals surface area (Å²) < 4.78 is 0. The molecule has 18 heavy (non-hydrogen) atoms. The Kier molecular flexibility index (Phi) is 4.28. The molecule has 2 saturated heterocycles. The van der Waals surface area contributed by atoms with Crippen LogP contribution in [0.1, 0.15) is 46.0 Å². The van der Waals surface area contributed by atoms with Gasteiger partial charge in [0.05, 0.1) is 5.54 Å². The van der Waals surface area contributed by atoms with Crippen molar-refractivity contribution in [3.63, 3.8) is 0 Å². The molecule has 1 amide bonds. The van der Waals surface area contributed by atoms with Gasteiger partial charge in [-0.3, -0.25) is 4.79 Å². The van der Waals surface area contributed by atoms with Gasteiger partial charge in [-0.25, -0.2) is 0 Å². The van der Waals surface area contributed by atoms with Gasteiger partial charge >= 0.3 is 0 Å². The van der Waals surface area contributed by atoms with Crippen LogP contribution in [0.3, 0.4) is 0 Å². The van der Waals surface area contributed by atoms with Gasteiger partial charge in [-0.1, -0.05) is 0 Å². The normalized spacial score (nSPS) is 35.3. The largest absolute Gasteiger partial charge is 0.341 e. The SMILES string of the molecule is CC(N)C1CCCN(C(=O)C2(C)CCCCN2)C1. The van der Waals surface area contributed by atoms with Crippen molar-refractivity contribution in [2.45, 2.75) is 57.5 Å². The van der Waals surface area contributed by atoms with Crippen molar-refractivity contribution in [3.05, 3.63) is 0 Å². The number of nitrogens with two attached hydrogens (primary N) is 1. The van der Waals surface area contributed by atoms with Crippen LogP contribution in [0.2, 0.25) is 0 Å². The fraction of sp³-hybridized carbons (Fsp3) is 0.929. The zero-order valence-electron chi connectivity index (χ0n) is 11.7. The van der Waals surface area contributed by atoms with Gasteiger partial charge in [0.1, 0.15) is 0 Å². The van der Waals surface area contributed by atoms with Gasteiger partial charge in [0.2, 0.25) is 5.91 Å². The summed E-state index contributed by atoms with van der Waals surface area (Å²) in [5.41, 5.74) is 5.65. The molecule has 3 atom stereocenters. The lowest BCUT2D eigenvalue weighted by molar-refractivity contribution is -0.140. The number of hydrogen-bond acceptors (Lipinski definition) is 3. The van der Waals surface area contributed by atoms with E-state index in [4.69, 9.17) is 5.73 Å². The monoisotopic (exact) mass is 253 g/mol. The fourth-order valence-corrected chi connectivity index (χ4v) is 3.21. The summed E-state index contributed by atoms with van der Waals surface area (Å²) in [6, 6.07) is 0.188. The highest BCUT2D eigenvalue weighted by molar-refractivity contribution is 5.86. The van der Waals surface area contributed by atoms with Crippen molar-refractivity contribution in [2.24, 2.45) is 11.7 Å². The number of nitrogens with zero attached hydrogens (tertiary/aromatic N) is 1. The van der Waals surface area contributed by atoms with Crippen LogP contribution in [-0.2, 0) is 4.79 Å². The summed E-state index contributed by atoms with van der Waals surface area (Å²) in [6.45, 7) is 6.82. The van der Waals surface area contributed by atoms with Crippen molar-refractivity contribution in [1.82, 2.24) is 10.2 Å². The average molecular weight is 253 g/mol. The smallest absolute Gasteiger partial charge is 0.242 e. The molecule has 2 heterocycles. The zero-order valence-corrected chi connectivity index (χ0v) is 11.7. The number of amides is 1. The molecule has 2 aliphatic heterocycles. The van der Waals surface area contributed by atoms with Crippen LogP contribution in [0, 0.1) is 5.92 Å². The van der Waals surface area contributed by atoms with Crippen LogP contribution in [0.5, 0.6) is 0 Å². The van der Waals surface area contributed by atoms with Gasteiger partial charge in [-0.05, 0) is 58.4 Å². The second kappa shape index (κ2) is 5.57. The number of hydrogen-bond donors (Lipinski definition) is 2. The van der Waals surface area contributed by atoms with Gasteiger partial charge in [-0.15, -0.1) is 0 Å². The highest BCUT2D eigenvalue weighted by Gasteiger charge is 2.39. The molecule has 0 aromatic carbocycles. The van der Waals surface area contributed by atoms with Crippen molar-refractivity contribution in [1.29, 1.82) is 0 Å². The van der Waals surface area contributed by atoms with Crippen molar-refractivity contribution < 1.29 is 4.79 Å². The average Bonchev–Trinajstić information content (AvgIpc) is 2.39. The Hall–Kier alpha value is -0.610. The fourth-order valence-electron chi connectivity index (χ4n) is 3.21. The molecule has 0 spiro atoms. The highest BCUT2D eigenvalue weighted by Crippen LogP contribution is 2.25. The molecule has 4 nitrogen and oxygen atoms in total. The lowest BCUT2D eigenvalue weighted by Gasteiger charge is -2.42. The topological polar surface area (TPSA) is 58.4 Å². The van der Waals surface area contributed by atoms with E-state index in [9.17, 15) is 4.79 Å². The Labute approximate surface area is 110 Å². The zero-order chi connectivity index (χ0) is 13.2. The molecule has 0 aromatic rings. The lowest BCUT2D eigenvalue weighted by Crippen LogP contribution is -2.60. The molecule has 3 unspecified atom stereocenters. The highest BCUT2D eigenvalue weighted by atomic mass is 16.2. The molecule has 0 aliphatic carbocycles. The number of likely N-dealkylation sites (tertiary alicyclic amines) is 1. The van der Waals surface area contributed by atoms with Crippen LogP contribution in [0.4, 0.5) is 0 Å². The van der Waals surface area contributed by atoms with Gasteiger partial charge in [0, 0.05) is 19.1 Å². The maximum atomic E-state index is 12.7. The molecular weight excluding hydrogens is 226 g/mol. The Bertz CT molecular complexity index is 297. The number of piperidine rings is 2.